The number of piperazine rings is 1. The molecule has 9 heteroatoms. The van der Waals surface area contributed by atoms with Crippen LogP contribution in [0.25, 0.3) is 17.4 Å². The molecule has 4 rings (SSSR count). The van der Waals surface area contributed by atoms with Gasteiger partial charge in [0.15, 0.2) is 17.4 Å². The summed E-state index contributed by atoms with van der Waals surface area (Å²) in [6.07, 6.45) is 1.57. The summed E-state index contributed by atoms with van der Waals surface area (Å²) < 4.78 is 7.22. The average molecular weight is 409 g/mol. The maximum absolute atomic E-state index is 12.9. The minimum Gasteiger partial charge on any atom is -0.461 e. The fourth-order valence-electron chi connectivity index (χ4n) is 3.59. The van der Waals surface area contributed by atoms with Crippen LogP contribution in [0.5, 0.6) is 0 Å². The second kappa shape index (κ2) is 8.37. The number of amides is 1. The number of likely N-dealkylation sites (N-methyl/N-ethyl adjacent to an activating group) is 1. The summed E-state index contributed by atoms with van der Waals surface area (Å²) in [6.45, 7) is 9.46. The number of aromatic nitrogens is 4. The Balaban J connectivity index is 1.62. The summed E-state index contributed by atoms with van der Waals surface area (Å²) in [5, 5.41) is 7.47. The van der Waals surface area contributed by atoms with Gasteiger partial charge in [-0.3, -0.25) is 9.69 Å². The first-order chi connectivity index (χ1) is 14.4. The van der Waals surface area contributed by atoms with Crippen LogP contribution in [0.1, 0.15) is 18.3 Å². The van der Waals surface area contributed by atoms with Crippen LogP contribution in [-0.4, -0.2) is 74.7 Å². The van der Waals surface area contributed by atoms with Crippen molar-refractivity contribution in [2.24, 2.45) is 0 Å². The monoisotopic (exact) mass is 409 g/mol. The molecule has 3 aromatic heterocycles. The van der Waals surface area contributed by atoms with Crippen molar-refractivity contribution in [3.63, 3.8) is 0 Å². The number of anilines is 1. The Morgan fingerprint density at radius 2 is 1.93 bits per heavy atom. The van der Waals surface area contributed by atoms with Crippen LogP contribution in [0.2, 0.25) is 0 Å². The van der Waals surface area contributed by atoms with Gasteiger partial charge in [0.05, 0.1) is 18.0 Å². The van der Waals surface area contributed by atoms with Gasteiger partial charge in [-0.25, -0.2) is 14.6 Å². The van der Waals surface area contributed by atoms with E-state index < -0.39 is 0 Å². The third-order valence-corrected chi connectivity index (χ3v) is 5.40. The maximum Gasteiger partial charge on any atom is 0.242 e. The van der Waals surface area contributed by atoms with E-state index in [1.54, 1.807) is 29.1 Å². The number of rotatable bonds is 5. The molecule has 0 aromatic carbocycles. The van der Waals surface area contributed by atoms with E-state index in [-0.39, 0.29) is 11.9 Å². The molecule has 1 fully saturated rings. The predicted molar refractivity (Wildman–Crippen MR) is 113 cm³/mol. The number of nitrogens with one attached hydrogen (secondary N) is 1. The van der Waals surface area contributed by atoms with Crippen molar-refractivity contribution in [2.45, 2.75) is 26.8 Å². The van der Waals surface area contributed by atoms with E-state index in [1.165, 1.54) is 0 Å². The van der Waals surface area contributed by atoms with E-state index in [0.717, 1.165) is 37.6 Å². The smallest absolute Gasteiger partial charge is 0.242 e. The molecule has 0 spiro atoms. The number of nitrogens with zero attached hydrogens (tertiary/aromatic N) is 6. The van der Waals surface area contributed by atoms with Crippen LogP contribution >= 0.6 is 0 Å². The molecular formula is C21H27N7O2. The van der Waals surface area contributed by atoms with Crippen LogP contribution in [0, 0.1) is 13.8 Å². The second-order valence-electron chi connectivity index (χ2n) is 7.76. The number of hydrogen-bond acceptors (Lipinski definition) is 7. The van der Waals surface area contributed by atoms with Crippen molar-refractivity contribution in [1.82, 2.24) is 29.5 Å². The third kappa shape index (κ3) is 4.27. The molecule has 1 N–H and O–H groups in total. The van der Waals surface area contributed by atoms with Gasteiger partial charge in [0.25, 0.3) is 0 Å². The SMILES string of the molecule is Cc1cc(C)n(-c2cc(NC(=O)C(C)N3CCN(C)CC3)nc(-c3ccco3)n2)n1. The van der Waals surface area contributed by atoms with Crippen molar-refractivity contribution in [2.75, 3.05) is 38.5 Å². The second-order valence-corrected chi connectivity index (χ2v) is 7.76. The van der Waals surface area contributed by atoms with E-state index in [1.807, 2.05) is 26.8 Å². The largest absolute Gasteiger partial charge is 0.461 e. The molecule has 0 bridgehead atoms. The standard InChI is InChI=1S/C21H27N7O2/c1-14-12-15(2)28(25-14)19-13-18(22-20(24-19)17-6-5-11-30-17)23-21(29)16(3)27-9-7-26(4)8-10-27/h5-6,11-13,16H,7-10H2,1-4H3,(H,22,23,24,29). The van der Waals surface area contributed by atoms with Gasteiger partial charge >= 0.3 is 0 Å². The summed E-state index contributed by atoms with van der Waals surface area (Å²) in [4.78, 5) is 26.5. The molecule has 1 atom stereocenters. The topological polar surface area (TPSA) is 92.3 Å². The Hall–Kier alpha value is -3.04. The lowest BCUT2D eigenvalue weighted by Crippen LogP contribution is -2.51. The summed E-state index contributed by atoms with van der Waals surface area (Å²) in [5.74, 6) is 1.83. The van der Waals surface area contributed by atoms with Crippen LogP contribution < -0.4 is 5.32 Å². The molecule has 1 unspecified atom stereocenters. The number of furan rings is 1. The molecule has 4 heterocycles. The molecular weight excluding hydrogens is 382 g/mol. The first-order valence-corrected chi connectivity index (χ1v) is 10.1. The minimum atomic E-state index is -0.252. The third-order valence-electron chi connectivity index (χ3n) is 5.40. The summed E-state index contributed by atoms with van der Waals surface area (Å²) >= 11 is 0. The van der Waals surface area contributed by atoms with Gasteiger partial charge < -0.3 is 14.6 Å². The lowest BCUT2D eigenvalue weighted by molar-refractivity contribution is -0.121. The molecule has 0 radical (unpaired) electrons. The average Bonchev–Trinajstić information content (AvgIpc) is 3.37. The highest BCUT2D eigenvalue weighted by atomic mass is 16.3. The Kier molecular flexibility index (Phi) is 5.65. The highest BCUT2D eigenvalue weighted by Crippen LogP contribution is 2.21. The van der Waals surface area contributed by atoms with E-state index in [4.69, 9.17) is 4.42 Å². The fourth-order valence-corrected chi connectivity index (χ4v) is 3.59. The number of carbonyl (C=O) groups is 1. The normalized spacial score (nSPS) is 16.5. The predicted octanol–water partition coefficient (Wildman–Crippen LogP) is 2.11. The minimum absolute atomic E-state index is 0.0945. The molecule has 3 aromatic rings. The Morgan fingerprint density at radius 3 is 2.57 bits per heavy atom. The first kappa shape index (κ1) is 20.2. The van der Waals surface area contributed by atoms with Gasteiger partial charge in [-0.2, -0.15) is 5.10 Å². The molecule has 9 nitrogen and oxygen atoms in total. The zero-order chi connectivity index (χ0) is 21.3. The molecule has 1 aliphatic heterocycles. The summed E-state index contributed by atoms with van der Waals surface area (Å²) in [5.41, 5.74) is 1.83. The Bertz CT molecular complexity index is 1020. The van der Waals surface area contributed by atoms with Crippen molar-refractivity contribution in [1.29, 1.82) is 0 Å². The van der Waals surface area contributed by atoms with Gasteiger partial charge in [-0.1, -0.05) is 0 Å². The van der Waals surface area contributed by atoms with Crippen molar-refractivity contribution in [3.8, 4) is 17.4 Å². The number of carbonyl (C=O) groups excluding carboxylic acids is 1. The van der Waals surface area contributed by atoms with Gasteiger partial charge in [0.2, 0.25) is 5.91 Å². The molecule has 1 amide bonds. The first-order valence-electron chi connectivity index (χ1n) is 10.1. The van der Waals surface area contributed by atoms with Crippen molar-refractivity contribution >= 4 is 11.7 Å². The van der Waals surface area contributed by atoms with Gasteiger partial charge in [-0.05, 0) is 46.0 Å². The van der Waals surface area contributed by atoms with Gasteiger partial charge in [0, 0.05) is 37.9 Å². The van der Waals surface area contributed by atoms with E-state index in [0.29, 0.717) is 23.2 Å². The maximum atomic E-state index is 12.9. The fraction of sp³-hybridized carbons (Fsp3) is 0.429. The molecule has 30 heavy (non-hydrogen) atoms. The van der Waals surface area contributed by atoms with E-state index >= 15 is 0 Å². The molecule has 0 saturated carbocycles. The van der Waals surface area contributed by atoms with Gasteiger partial charge in [0.1, 0.15) is 5.82 Å². The van der Waals surface area contributed by atoms with Crippen molar-refractivity contribution < 1.29 is 9.21 Å². The molecule has 1 saturated heterocycles. The van der Waals surface area contributed by atoms with Crippen LogP contribution in [0.4, 0.5) is 5.82 Å². The lowest BCUT2D eigenvalue weighted by Gasteiger charge is -2.35. The highest BCUT2D eigenvalue weighted by molar-refractivity contribution is 5.94. The highest BCUT2D eigenvalue weighted by Gasteiger charge is 2.25. The number of hydrogen-bond donors (Lipinski definition) is 1. The van der Waals surface area contributed by atoms with Crippen molar-refractivity contribution in [3.05, 3.63) is 41.9 Å². The summed E-state index contributed by atoms with van der Waals surface area (Å²) in [6, 6.07) is 7.03. The zero-order valence-electron chi connectivity index (χ0n) is 17.8. The lowest BCUT2D eigenvalue weighted by atomic mass is 10.2. The molecule has 1 aliphatic rings. The Labute approximate surface area is 175 Å². The number of aryl methyl sites for hydroxylation is 2. The van der Waals surface area contributed by atoms with Crippen LogP contribution in [0.15, 0.2) is 34.9 Å². The van der Waals surface area contributed by atoms with Crippen LogP contribution in [-0.2, 0) is 4.79 Å². The van der Waals surface area contributed by atoms with E-state index in [2.05, 4.69) is 37.2 Å². The Morgan fingerprint density at radius 1 is 1.17 bits per heavy atom. The zero-order valence-corrected chi connectivity index (χ0v) is 17.8. The molecule has 0 aliphatic carbocycles. The van der Waals surface area contributed by atoms with E-state index in [9.17, 15) is 4.79 Å². The van der Waals surface area contributed by atoms with Crippen LogP contribution in [0.3, 0.4) is 0 Å². The quantitative estimate of drug-likeness (QED) is 0.690. The molecule has 158 valence electrons. The van der Waals surface area contributed by atoms with Gasteiger partial charge in [-0.15, -0.1) is 0 Å². The summed E-state index contributed by atoms with van der Waals surface area (Å²) in [7, 11) is 2.10.